The SMILES string of the molecule is CC(C)(C)OC(=O)N1CCC(OC2CCCNC2)C1. The Morgan fingerprint density at radius 2 is 2.05 bits per heavy atom. The average molecular weight is 270 g/mol. The molecule has 0 bridgehead atoms. The minimum atomic E-state index is -0.427. The number of rotatable bonds is 2. The molecule has 2 aliphatic heterocycles. The lowest BCUT2D eigenvalue weighted by molar-refractivity contribution is -0.0202. The Hall–Kier alpha value is -0.810. The van der Waals surface area contributed by atoms with Gasteiger partial charge in [-0.25, -0.2) is 4.79 Å². The third-order valence-corrected chi connectivity index (χ3v) is 3.43. The minimum Gasteiger partial charge on any atom is -0.444 e. The molecule has 1 N–H and O–H groups in total. The Bertz CT molecular complexity index is 308. The van der Waals surface area contributed by atoms with Crippen LogP contribution < -0.4 is 5.32 Å². The predicted octanol–water partition coefficient (Wildman–Crippen LogP) is 1.76. The number of nitrogens with one attached hydrogen (secondary N) is 1. The van der Waals surface area contributed by atoms with E-state index >= 15 is 0 Å². The topological polar surface area (TPSA) is 50.8 Å². The first-order chi connectivity index (χ1) is 8.94. The van der Waals surface area contributed by atoms with Crippen molar-refractivity contribution in [1.82, 2.24) is 10.2 Å². The summed E-state index contributed by atoms with van der Waals surface area (Å²) in [5, 5.41) is 3.34. The van der Waals surface area contributed by atoms with Crippen LogP contribution in [0.15, 0.2) is 0 Å². The van der Waals surface area contributed by atoms with Crippen LogP contribution >= 0.6 is 0 Å². The third kappa shape index (κ3) is 4.66. The summed E-state index contributed by atoms with van der Waals surface area (Å²) >= 11 is 0. The highest BCUT2D eigenvalue weighted by molar-refractivity contribution is 5.68. The zero-order chi connectivity index (χ0) is 13.9. The molecule has 0 aliphatic carbocycles. The summed E-state index contributed by atoms with van der Waals surface area (Å²) in [6.45, 7) is 9.09. The number of amides is 1. The molecule has 0 aromatic carbocycles. The molecule has 0 saturated carbocycles. The van der Waals surface area contributed by atoms with Gasteiger partial charge in [-0.3, -0.25) is 0 Å². The van der Waals surface area contributed by atoms with Crippen LogP contribution in [0.5, 0.6) is 0 Å². The highest BCUT2D eigenvalue weighted by Gasteiger charge is 2.31. The number of carbonyl (C=O) groups is 1. The summed E-state index contributed by atoms with van der Waals surface area (Å²) in [7, 11) is 0. The van der Waals surface area contributed by atoms with E-state index in [0.29, 0.717) is 12.6 Å². The Morgan fingerprint density at radius 3 is 2.68 bits per heavy atom. The fourth-order valence-corrected chi connectivity index (χ4v) is 2.54. The largest absolute Gasteiger partial charge is 0.444 e. The molecule has 2 fully saturated rings. The molecule has 2 saturated heterocycles. The van der Waals surface area contributed by atoms with Crippen LogP contribution in [0.2, 0.25) is 0 Å². The van der Waals surface area contributed by atoms with Crippen molar-refractivity contribution >= 4 is 6.09 Å². The maximum Gasteiger partial charge on any atom is 0.410 e. The quantitative estimate of drug-likeness (QED) is 0.831. The van der Waals surface area contributed by atoms with Crippen molar-refractivity contribution < 1.29 is 14.3 Å². The summed E-state index contributed by atoms with van der Waals surface area (Å²) in [5.41, 5.74) is -0.427. The molecule has 1 amide bonds. The number of nitrogens with zero attached hydrogens (tertiary/aromatic N) is 1. The summed E-state index contributed by atoms with van der Waals surface area (Å²) in [4.78, 5) is 13.7. The lowest BCUT2D eigenvalue weighted by Gasteiger charge is -2.27. The molecule has 0 radical (unpaired) electrons. The van der Waals surface area contributed by atoms with Crippen LogP contribution in [-0.2, 0) is 9.47 Å². The van der Waals surface area contributed by atoms with E-state index in [1.54, 1.807) is 4.90 Å². The second-order valence-electron chi connectivity index (χ2n) is 6.44. The Labute approximate surface area is 115 Å². The van der Waals surface area contributed by atoms with E-state index in [0.717, 1.165) is 32.5 Å². The zero-order valence-corrected chi connectivity index (χ0v) is 12.3. The van der Waals surface area contributed by atoms with Crippen molar-refractivity contribution in [1.29, 1.82) is 0 Å². The maximum absolute atomic E-state index is 11.9. The van der Waals surface area contributed by atoms with Crippen LogP contribution in [0, 0.1) is 0 Å². The van der Waals surface area contributed by atoms with Crippen molar-refractivity contribution in [2.24, 2.45) is 0 Å². The molecular formula is C14H26N2O3. The first-order valence-electron chi connectivity index (χ1n) is 7.28. The van der Waals surface area contributed by atoms with Crippen LogP contribution in [0.3, 0.4) is 0 Å². The van der Waals surface area contributed by atoms with Crippen molar-refractivity contribution in [3.05, 3.63) is 0 Å². The van der Waals surface area contributed by atoms with Crippen LogP contribution in [0.4, 0.5) is 4.79 Å². The van der Waals surface area contributed by atoms with E-state index < -0.39 is 5.60 Å². The van der Waals surface area contributed by atoms with Gasteiger partial charge >= 0.3 is 6.09 Å². The Morgan fingerprint density at radius 1 is 1.26 bits per heavy atom. The lowest BCUT2D eigenvalue weighted by atomic mass is 10.1. The molecule has 2 atom stereocenters. The zero-order valence-electron chi connectivity index (χ0n) is 12.3. The number of ether oxygens (including phenoxy) is 2. The number of hydrogen-bond donors (Lipinski definition) is 1. The third-order valence-electron chi connectivity index (χ3n) is 3.43. The average Bonchev–Trinajstić information content (AvgIpc) is 2.77. The lowest BCUT2D eigenvalue weighted by Crippen LogP contribution is -2.39. The van der Waals surface area contributed by atoms with Gasteiger partial charge in [0.15, 0.2) is 0 Å². The van der Waals surface area contributed by atoms with Gasteiger partial charge in [0.2, 0.25) is 0 Å². The summed E-state index contributed by atoms with van der Waals surface area (Å²) in [6.07, 6.45) is 3.45. The summed E-state index contributed by atoms with van der Waals surface area (Å²) in [5.74, 6) is 0. The maximum atomic E-state index is 11.9. The van der Waals surface area contributed by atoms with Gasteiger partial charge in [0.05, 0.1) is 18.8 Å². The molecule has 110 valence electrons. The molecule has 2 unspecified atom stereocenters. The first kappa shape index (κ1) is 14.6. The van der Waals surface area contributed by atoms with E-state index in [1.165, 1.54) is 6.42 Å². The molecule has 2 aliphatic rings. The highest BCUT2D eigenvalue weighted by Crippen LogP contribution is 2.19. The van der Waals surface area contributed by atoms with Crippen molar-refractivity contribution in [2.75, 3.05) is 26.2 Å². The molecule has 2 heterocycles. The van der Waals surface area contributed by atoms with Gasteiger partial charge in [-0.1, -0.05) is 0 Å². The smallest absolute Gasteiger partial charge is 0.410 e. The number of carbonyl (C=O) groups excluding carboxylic acids is 1. The number of likely N-dealkylation sites (tertiary alicyclic amines) is 1. The highest BCUT2D eigenvalue weighted by atomic mass is 16.6. The fraction of sp³-hybridized carbons (Fsp3) is 0.929. The van der Waals surface area contributed by atoms with Gasteiger partial charge in [-0.2, -0.15) is 0 Å². The van der Waals surface area contributed by atoms with Gasteiger partial charge in [-0.05, 0) is 46.6 Å². The Balaban J connectivity index is 1.74. The van der Waals surface area contributed by atoms with E-state index in [1.807, 2.05) is 20.8 Å². The van der Waals surface area contributed by atoms with Crippen molar-refractivity contribution in [3.8, 4) is 0 Å². The van der Waals surface area contributed by atoms with E-state index in [9.17, 15) is 4.79 Å². The summed E-state index contributed by atoms with van der Waals surface area (Å²) < 4.78 is 11.4. The van der Waals surface area contributed by atoms with E-state index in [4.69, 9.17) is 9.47 Å². The predicted molar refractivity (Wildman–Crippen MR) is 73.2 cm³/mol. The first-order valence-corrected chi connectivity index (χ1v) is 7.28. The molecule has 0 spiro atoms. The van der Waals surface area contributed by atoms with Crippen molar-refractivity contribution in [2.45, 2.75) is 57.8 Å². The van der Waals surface area contributed by atoms with Crippen LogP contribution in [0.1, 0.15) is 40.0 Å². The molecule has 0 aromatic heterocycles. The van der Waals surface area contributed by atoms with Gasteiger partial charge in [0, 0.05) is 13.1 Å². The van der Waals surface area contributed by atoms with Gasteiger partial charge in [0.25, 0.3) is 0 Å². The van der Waals surface area contributed by atoms with Crippen LogP contribution in [-0.4, -0.2) is 55.0 Å². The van der Waals surface area contributed by atoms with E-state index in [-0.39, 0.29) is 12.2 Å². The molecule has 0 aromatic rings. The number of hydrogen-bond acceptors (Lipinski definition) is 4. The molecule has 5 nitrogen and oxygen atoms in total. The minimum absolute atomic E-state index is 0.164. The summed E-state index contributed by atoms with van der Waals surface area (Å²) in [6, 6.07) is 0. The second-order valence-corrected chi connectivity index (χ2v) is 6.44. The fourth-order valence-electron chi connectivity index (χ4n) is 2.54. The standard InChI is InChI=1S/C14H26N2O3/c1-14(2,3)19-13(17)16-8-6-12(10-16)18-11-5-4-7-15-9-11/h11-12,15H,4-10H2,1-3H3. The Kier molecular flexibility index (Phi) is 4.68. The van der Waals surface area contributed by atoms with Crippen LogP contribution in [0.25, 0.3) is 0 Å². The van der Waals surface area contributed by atoms with Gasteiger partial charge in [0.1, 0.15) is 5.60 Å². The van der Waals surface area contributed by atoms with Gasteiger partial charge in [-0.15, -0.1) is 0 Å². The van der Waals surface area contributed by atoms with Gasteiger partial charge < -0.3 is 19.7 Å². The monoisotopic (exact) mass is 270 g/mol. The molecule has 2 rings (SSSR count). The molecule has 19 heavy (non-hydrogen) atoms. The normalized spacial score (nSPS) is 28.5. The number of piperidine rings is 1. The van der Waals surface area contributed by atoms with E-state index in [2.05, 4.69) is 5.32 Å². The second kappa shape index (κ2) is 6.09. The molecular weight excluding hydrogens is 244 g/mol. The van der Waals surface area contributed by atoms with Crippen molar-refractivity contribution in [3.63, 3.8) is 0 Å². The molecule has 5 heteroatoms.